The van der Waals surface area contributed by atoms with Gasteiger partial charge in [0.2, 0.25) is 0 Å². The van der Waals surface area contributed by atoms with E-state index < -0.39 is 23.7 Å². The Labute approximate surface area is 168 Å². The third-order valence-electron chi connectivity index (χ3n) is 4.38. The Morgan fingerprint density at radius 3 is 2.57 bits per heavy atom. The highest BCUT2D eigenvalue weighted by Crippen LogP contribution is 2.34. The summed E-state index contributed by atoms with van der Waals surface area (Å²) in [4.78, 5) is 24.7. The Morgan fingerprint density at radius 2 is 1.96 bits per heavy atom. The monoisotopic (exact) mass is 430 g/mol. The molecule has 0 bridgehead atoms. The lowest BCUT2D eigenvalue weighted by Gasteiger charge is -2.24. The van der Waals surface area contributed by atoms with E-state index in [1.54, 1.807) is 24.3 Å². The Kier molecular flexibility index (Phi) is 5.59. The lowest BCUT2D eigenvalue weighted by Crippen LogP contribution is -2.40. The Bertz CT molecular complexity index is 1070. The maximum absolute atomic E-state index is 13.2. The molecular weight excluding hydrogens is 416 g/mol. The zero-order valence-corrected chi connectivity index (χ0v) is 16.1. The average molecular weight is 431 g/mol. The van der Waals surface area contributed by atoms with E-state index in [0.717, 1.165) is 6.42 Å². The second kappa shape index (κ2) is 7.64. The molecule has 1 aromatic heterocycles. The van der Waals surface area contributed by atoms with Crippen LogP contribution in [0, 0.1) is 0 Å². The third kappa shape index (κ3) is 3.69. The number of allylic oxidation sites excluding steroid dienone is 4. The number of fused-ring (bicyclic) bond motifs is 1. The van der Waals surface area contributed by atoms with Crippen LogP contribution in [-0.2, 0) is 4.79 Å². The number of rotatable bonds is 3. The topological polar surface area (TPSA) is 51.1 Å². The summed E-state index contributed by atoms with van der Waals surface area (Å²) in [7, 11) is 0. The average Bonchev–Trinajstić information content (AvgIpc) is 2.64. The number of carbonyl (C=O) groups is 1. The van der Waals surface area contributed by atoms with Crippen molar-refractivity contribution in [3.05, 3.63) is 62.5 Å². The van der Waals surface area contributed by atoms with Crippen molar-refractivity contribution >= 4 is 45.6 Å². The van der Waals surface area contributed by atoms with Crippen LogP contribution in [0.25, 0.3) is 16.5 Å². The Balaban J connectivity index is 2.30. The highest BCUT2D eigenvalue weighted by atomic mass is 35.5. The van der Waals surface area contributed by atoms with Crippen molar-refractivity contribution in [1.29, 1.82) is 0 Å². The molecule has 0 fully saturated rings. The van der Waals surface area contributed by atoms with E-state index in [0.29, 0.717) is 17.5 Å². The van der Waals surface area contributed by atoms with Crippen molar-refractivity contribution in [2.45, 2.75) is 32.0 Å². The van der Waals surface area contributed by atoms with Gasteiger partial charge < -0.3 is 5.32 Å². The van der Waals surface area contributed by atoms with Gasteiger partial charge in [-0.3, -0.25) is 14.2 Å². The summed E-state index contributed by atoms with van der Waals surface area (Å²) in [5.41, 5.74) is -0.00850. The van der Waals surface area contributed by atoms with Crippen LogP contribution in [0.3, 0.4) is 0 Å². The van der Waals surface area contributed by atoms with Crippen LogP contribution in [0.4, 0.5) is 13.2 Å². The van der Waals surface area contributed by atoms with Gasteiger partial charge in [0, 0.05) is 11.1 Å². The number of nitrogens with zero attached hydrogens (tertiary/aromatic N) is 1. The lowest BCUT2D eigenvalue weighted by molar-refractivity contribution is -0.174. The molecule has 1 amide bonds. The minimum absolute atomic E-state index is 0.0481. The molecule has 1 N–H and O–H groups in total. The number of aromatic nitrogens is 1. The fourth-order valence-corrected chi connectivity index (χ4v) is 3.80. The summed E-state index contributed by atoms with van der Waals surface area (Å²) in [5.74, 6) is -2.12. The van der Waals surface area contributed by atoms with Crippen molar-refractivity contribution in [2.75, 3.05) is 0 Å². The van der Waals surface area contributed by atoms with E-state index in [1.807, 2.05) is 11.4 Å². The van der Waals surface area contributed by atoms with E-state index in [4.69, 9.17) is 23.2 Å². The van der Waals surface area contributed by atoms with Crippen LogP contribution in [0.15, 0.2) is 41.2 Å². The molecule has 148 valence electrons. The second-order valence-corrected chi connectivity index (χ2v) is 7.09. The van der Waals surface area contributed by atoms with Gasteiger partial charge in [-0.2, -0.15) is 13.2 Å². The number of benzene rings is 1. The van der Waals surface area contributed by atoms with Gasteiger partial charge in [-0.25, -0.2) is 0 Å². The molecule has 0 saturated carbocycles. The molecule has 0 radical (unpaired) electrons. The highest BCUT2D eigenvalue weighted by Gasteiger charge is 2.40. The third-order valence-corrected chi connectivity index (χ3v) is 5.09. The summed E-state index contributed by atoms with van der Waals surface area (Å²) in [6, 6.07) is 3.49. The van der Waals surface area contributed by atoms with Crippen molar-refractivity contribution in [2.24, 2.45) is 0 Å². The number of hydrogen-bond acceptors (Lipinski definition) is 2. The van der Waals surface area contributed by atoms with E-state index in [9.17, 15) is 22.8 Å². The number of alkyl halides is 3. The van der Waals surface area contributed by atoms with Gasteiger partial charge in [-0.1, -0.05) is 47.5 Å². The smallest absolute Gasteiger partial charge is 0.340 e. The Morgan fingerprint density at radius 1 is 1.25 bits per heavy atom. The first-order valence-electron chi connectivity index (χ1n) is 8.40. The van der Waals surface area contributed by atoms with Gasteiger partial charge in [0.05, 0.1) is 27.2 Å². The molecule has 0 aliphatic heterocycles. The van der Waals surface area contributed by atoms with Crippen LogP contribution >= 0.6 is 23.2 Å². The number of hydrogen-bond donors (Lipinski definition) is 1. The standard InChI is InChI=1S/C19H15Cl2F3N2O2/c1-10(25-18(28)19(22,23)24)16-15(21)12-8-5-9-13(20)14(12)17(27)26(16)11-6-3-2-4-7-11/h3,5-10H,2,4H2,1H3,(H,25,28). The molecular formula is C19H15Cl2F3N2O2. The number of pyridine rings is 1. The van der Waals surface area contributed by atoms with Crippen LogP contribution < -0.4 is 10.9 Å². The number of amides is 1. The summed E-state index contributed by atoms with van der Waals surface area (Å²) < 4.78 is 39.4. The lowest BCUT2D eigenvalue weighted by atomic mass is 10.1. The van der Waals surface area contributed by atoms with Gasteiger partial charge >= 0.3 is 12.1 Å². The molecule has 1 aliphatic rings. The van der Waals surface area contributed by atoms with Gasteiger partial charge in [0.1, 0.15) is 0 Å². The normalized spacial score (nSPS) is 15.4. The van der Waals surface area contributed by atoms with Crippen molar-refractivity contribution in [3.8, 4) is 0 Å². The van der Waals surface area contributed by atoms with Gasteiger partial charge in [0.25, 0.3) is 5.56 Å². The van der Waals surface area contributed by atoms with E-state index in [-0.39, 0.29) is 21.1 Å². The molecule has 1 atom stereocenters. The van der Waals surface area contributed by atoms with Gasteiger partial charge in [-0.15, -0.1) is 0 Å². The summed E-state index contributed by atoms with van der Waals surface area (Å²) >= 11 is 12.7. The maximum Gasteiger partial charge on any atom is 0.471 e. The molecule has 3 rings (SSSR count). The number of carbonyl (C=O) groups excluding carboxylic acids is 1. The van der Waals surface area contributed by atoms with Crippen molar-refractivity contribution in [3.63, 3.8) is 0 Å². The molecule has 2 aromatic rings. The molecule has 1 heterocycles. The zero-order valence-electron chi connectivity index (χ0n) is 14.6. The predicted molar refractivity (Wildman–Crippen MR) is 103 cm³/mol. The minimum Gasteiger partial charge on any atom is -0.340 e. The first-order chi connectivity index (χ1) is 13.1. The molecule has 1 unspecified atom stereocenters. The van der Waals surface area contributed by atoms with Crippen LogP contribution in [0.5, 0.6) is 0 Å². The highest BCUT2D eigenvalue weighted by molar-refractivity contribution is 6.40. The molecule has 0 saturated heterocycles. The number of nitrogens with one attached hydrogen (secondary N) is 1. The van der Waals surface area contributed by atoms with E-state index >= 15 is 0 Å². The quantitative estimate of drug-likeness (QED) is 0.723. The summed E-state index contributed by atoms with van der Waals surface area (Å²) in [5, 5.41) is 2.56. The molecule has 1 aromatic carbocycles. The van der Waals surface area contributed by atoms with Crippen molar-refractivity contribution < 1.29 is 18.0 Å². The Hall–Kier alpha value is -2.25. The van der Waals surface area contributed by atoms with Crippen molar-refractivity contribution in [1.82, 2.24) is 9.88 Å². The van der Waals surface area contributed by atoms with Gasteiger partial charge in [0.15, 0.2) is 0 Å². The molecule has 0 spiro atoms. The molecule has 4 nitrogen and oxygen atoms in total. The fraction of sp³-hybridized carbons (Fsp3) is 0.263. The fourth-order valence-electron chi connectivity index (χ4n) is 3.13. The summed E-state index contributed by atoms with van der Waals surface area (Å²) in [6.45, 7) is 1.34. The number of halogens is 5. The van der Waals surface area contributed by atoms with Crippen LogP contribution in [0.1, 0.15) is 31.5 Å². The first-order valence-corrected chi connectivity index (χ1v) is 9.16. The van der Waals surface area contributed by atoms with E-state index in [2.05, 4.69) is 0 Å². The molecule has 28 heavy (non-hydrogen) atoms. The van der Waals surface area contributed by atoms with E-state index in [1.165, 1.54) is 17.6 Å². The summed E-state index contributed by atoms with van der Waals surface area (Å²) in [6.07, 6.45) is 1.67. The van der Waals surface area contributed by atoms with Crippen LogP contribution in [0.2, 0.25) is 10.0 Å². The molecule has 1 aliphatic carbocycles. The predicted octanol–water partition coefficient (Wildman–Crippen LogP) is 5.24. The maximum atomic E-state index is 13.2. The van der Waals surface area contributed by atoms with Crippen LogP contribution in [-0.4, -0.2) is 16.7 Å². The first kappa shape index (κ1) is 20.5. The SMILES string of the molecule is CC(NC(=O)C(F)(F)F)c1c(Cl)c2cccc(Cl)c2c(=O)n1C1=CCCC=C1. The molecule has 9 heteroatoms. The largest absolute Gasteiger partial charge is 0.471 e. The zero-order chi connectivity index (χ0) is 20.6. The van der Waals surface area contributed by atoms with Gasteiger partial charge in [-0.05, 0) is 31.9 Å². The second-order valence-electron chi connectivity index (χ2n) is 6.30. The minimum atomic E-state index is -5.06.